The van der Waals surface area contributed by atoms with E-state index in [0.717, 1.165) is 42.0 Å². The number of hydrogen-bond donors (Lipinski definition) is 1. The minimum atomic E-state index is -0.205. The smallest absolute Gasteiger partial charge is 0.284 e. The molecule has 7 heteroatoms. The Morgan fingerprint density at radius 2 is 1.93 bits per heavy atom. The summed E-state index contributed by atoms with van der Waals surface area (Å²) in [6, 6.07) is 8.24. The van der Waals surface area contributed by atoms with Crippen LogP contribution in [-0.2, 0) is 6.42 Å². The van der Waals surface area contributed by atoms with E-state index in [-0.39, 0.29) is 5.56 Å². The van der Waals surface area contributed by atoms with Gasteiger partial charge in [0.05, 0.1) is 12.4 Å². The SMILES string of the molecule is CCc1[nH]n(C2CCCC2)c2nc(-c3ccc(-n4ccnc4)cc3)nc(=O)c1-2. The molecule has 7 nitrogen and oxygen atoms in total. The van der Waals surface area contributed by atoms with E-state index in [1.54, 1.807) is 12.5 Å². The van der Waals surface area contributed by atoms with Gasteiger partial charge in [-0.3, -0.25) is 14.6 Å². The molecule has 1 saturated carbocycles. The molecule has 0 unspecified atom stereocenters. The van der Waals surface area contributed by atoms with Crippen molar-refractivity contribution in [3.8, 4) is 28.5 Å². The highest BCUT2D eigenvalue weighted by Gasteiger charge is 2.27. The van der Waals surface area contributed by atoms with Gasteiger partial charge >= 0.3 is 0 Å². The van der Waals surface area contributed by atoms with Gasteiger partial charge in [-0.25, -0.2) is 9.97 Å². The van der Waals surface area contributed by atoms with E-state index in [0.29, 0.717) is 17.4 Å². The van der Waals surface area contributed by atoms with Crippen LogP contribution in [0.5, 0.6) is 0 Å². The maximum Gasteiger partial charge on any atom is 0.284 e. The number of H-pyrrole nitrogens is 1. The highest BCUT2D eigenvalue weighted by atomic mass is 16.1. The number of fused-ring (bicyclic) bond motifs is 1. The van der Waals surface area contributed by atoms with E-state index in [1.165, 1.54) is 12.8 Å². The van der Waals surface area contributed by atoms with Crippen LogP contribution in [0.1, 0.15) is 44.3 Å². The number of hydrogen-bond acceptors (Lipinski definition) is 4. The average Bonchev–Trinajstić information content (AvgIpc) is 3.47. The summed E-state index contributed by atoms with van der Waals surface area (Å²) >= 11 is 0. The molecule has 1 N–H and O–H groups in total. The average molecular weight is 374 g/mol. The van der Waals surface area contributed by atoms with Crippen LogP contribution in [0, 0.1) is 0 Å². The van der Waals surface area contributed by atoms with Gasteiger partial charge < -0.3 is 4.57 Å². The third-order valence-electron chi connectivity index (χ3n) is 5.61. The summed E-state index contributed by atoms with van der Waals surface area (Å²) in [5, 5.41) is 3.43. The maximum absolute atomic E-state index is 12.8. The van der Waals surface area contributed by atoms with Crippen molar-refractivity contribution in [1.29, 1.82) is 0 Å². The van der Waals surface area contributed by atoms with Gasteiger partial charge in [0.15, 0.2) is 11.6 Å². The van der Waals surface area contributed by atoms with E-state index < -0.39 is 0 Å². The summed E-state index contributed by atoms with van der Waals surface area (Å²) in [4.78, 5) is 26.0. The summed E-state index contributed by atoms with van der Waals surface area (Å²) in [6.07, 6.45) is 10.8. The standard InChI is InChI=1S/C21H22N6O/c1-2-17-18-20(27(25-17)16-5-3-4-6-16)23-19(24-21(18)28)14-7-9-15(10-8-14)26-12-11-22-13-26/h7-13,16,25H,2-6H2,1H3. The van der Waals surface area contributed by atoms with Crippen molar-refractivity contribution in [1.82, 2.24) is 29.3 Å². The summed E-state index contributed by atoms with van der Waals surface area (Å²) in [7, 11) is 0. The molecule has 5 rings (SSSR count). The molecule has 0 atom stereocenters. The molecule has 3 aliphatic rings. The molecular formula is C21H22N6O. The summed E-state index contributed by atoms with van der Waals surface area (Å²) in [6.45, 7) is 2.05. The first-order valence-corrected chi connectivity index (χ1v) is 9.84. The number of aromatic nitrogens is 6. The zero-order chi connectivity index (χ0) is 19.1. The molecule has 1 aromatic carbocycles. The molecule has 1 aliphatic carbocycles. The van der Waals surface area contributed by atoms with Crippen molar-refractivity contribution in [2.45, 2.75) is 45.1 Å². The second-order valence-corrected chi connectivity index (χ2v) is 7.32. The molecule has 0 saturated heterocycles. The third-order valence-corrected chi connectivity index (χ3v) is 5.61. The Morgan fingerprint density at radius 3 is 2.61 bits per heavy atom. The van der Waals surface area contributed by atoms with E-state index in [9.17, 15) is 4.79 Å². The van der Waals surface area contributed by atoms with Crippen molar-refractivity contribution >= 4 is 0 Å². The molecular weight excluding hydrogens is 352 g/mol. The Labute approximate surface area is 162 Å². The number of rotatable bonds is 4. The summed E-state index contributed by atoms with van der Waals surface area (Å²) in [5.74, 6) is 1.21. The number of imidazole rings is 1. The zero-order valence-corrected chi connectivity index (χ0v) is 15.8. The molecule has 0 radical (unpaired) electrons. The van der Waals surface area contributed by atoms with Crippen LogP contribution in [0.2, 0.25) is 0 Å². The zero-order valence-electron chi connectivity index (χ0n) is 15.8. The van der Waals surface area contributed by atoms with Crippen LogP contribution in [-0.4, -0.2) is 29.3 Å². The van der Waals surface area contributed by atoms with Crippen LogP contribution < -0.4 is 5.56 Å². The van der Waals surface area contributed by atoms with E-state index in [2.05, 4.69) is 19.7 Å². The van der Waals surface area contributed by atoms with Crippen LogP contribution in [0.3, 0.4) is 0 Å². The predicted molar refractivity (Wildman–Crippen MR) is 107 cm³/mol. The fraction of sp³-hybridized carbons (Fsp3) is 0.333. The lowest BCUT2D eigenvalue weighted by atomic mass is 10.1. The summed E-state index contributed by atoms with van der Waals surface area (Å²) < 4.78 is 4.04. The van der Waals surface area contributed by atoms with Gasteiger partial charge in [-0.1, -0.05) is 19.8 Å². The normalized spacial score (nSPS) is 14.9. The van der Waals surface area contributed by atoms with Crippen LogP contribution in [0.4, 0.5) is 0 Å². The van der Waals surface area contributed by atoms with Gasteiger partial charge in [-0.15, -0.1) is 0 Å². The lowest BCUT2D eigenvalue weighted by Gasteiger charge is -2.14. The third kappa shape index (κ3) is 2.74. The number of nitrogens with zero attached hydrogens (tertiary/aromatic N) is 5. The fourth-order valence-corrected chi connectivity index (χ4v) is 4.13. The summed E-state index contributed by atoms with van der Waals surface area (Å²) in [5.41, 5.74) is 3.19. The van der Waals surface area contributed by atoms with Crippen molar-refractivity contribution < 1.29 is 0 Å². The fourth-order valence-electron chi connectivity index (χ4n) is 4.13. The van der Waals surface area contributed by atoms with Gasteiger partial charge in [0, 0.05) is 29.3 Å². The van der Waals surface area contributed by atoms with Gasteiger partial charge in [0.2, 0.25) is 0 Å². The van der Waals surface area contributed by atoms with Crippen LogP contribution in [0.25, 0.3) is 28.5 Å². The molecule has 2 aromatic rings. The first-order valence-electron chi connectivity index (χ1n) is 9.84. The minimum absolute atomic E-state index is 0.205. The Balaban J connectivity index is 1.61. The maximum atomic E-state index is 12.8. The Morgan fingerprint density at radius 1 is 1.14 bits per heavy atom. The van der Waals surface area contributed by atoms with Crippen LogP contribution in [0.15, 0.2) is 47.8 Å². The molecule has 2 aliphatic heterocycles. The molecule has 3 heterocycles. The van der Waals surface area contributed by atoms with Crippen molar-refractivity contribution in [3.05, 3.63) is 59.0 Å². The van der Waals surface area contributed by atoms with E-state index >= 15 is 0 Å². The number of aromatic amines is 1. The van der Waals surface area contributed by atoms with E-state index in [4.69, 9.17) is 4.98 Å². The first-order chi connectivity index (χ1) is 13.7. The second-order valence-electron chi connectivity index (χ2n) is 7.32. The van der Waals surface area contributed by atoms with Crippen molar-refractivity contribution in [2.75, 3.05) is 0 Å². The van der Waals surface area contributed by atoms with E-state index in [1.807, 2.05) is 42.0 Å². The number of nitrogens with one attached hydrogen (secondary N) is 1. The molecule has 28 heavy (non-hydrogen) atoms. The lowest BCUT2D eigenvalue weighted by molar-refractivity contribution is 0.464. The number of aryl methyl sites for hydroxylation is 1. The Hall–Kier alpha value is -3.22. The van der Waals surface area contributed by atoms with Crippen LogP contribution >= 0.6 is 0 Å². The highest BCUT2D eigenvalue weighted by Crippen LogP contribution is 2.34. The molecule has 1 fully saturated rings. The predicted octanol–water partition coefficient (Wildman–Crippen LogP) is 3.60. The van der Waals surface area contributed by atoms with Crippen molar-refractivity contribution in [3.63, 3.8) is 0 Å². The molecule has 1 aromatic heterocycles. The quantitative estimate of drug-likeness (QED) is 0.592. The topological polar surface area (TPSA) is 81.4 Å². The highest BCUT2D eigenvalue weighted by molar-refractivity contribution is 5.65. The monoisotopic (exact) mass is 374 g/mol. The molecule has 0 bridgehead atoms. The molecule has 0 spiro atoms. The molecule has 142 valence electrons. The van der Waals surface area contributed by atoms with Crippen molar-refractivity contribution in [2.24, 2.45) is 0 Å². The second kappa shape index (κ2) is 6.74. The molecule has 0 amide bonds. The Bertz CT molecular complexity index is 1120. The van der Waals surface area contributed by atoms with Gasteiger partial charge in [-0.05, 0) is 43.5 Å². The van der Waals surface area contributed by atoms with Gasteiger partial charge in [0.1, 0.15) is 5.56 Å². The van der Waals surface area contributed by atoms with Gasteiger partial charge in [-0.2, -0.15) is 4.98 Å². The Kier molecular flexibility index (Phi) is 4.07. The number of benzene rings is 1. The lowest BCUT2D eigenvalue weighted by Crippen LogP contribution is -2.17. The first kappa shape index (κ1) is 16.9. The minimum Gasteiger partial charge on any atom is -0.306 e. The van der Waals surface area contributed by atoms with Gasteiger partial charge in [0.25, 0.3) is 5.56 Å². The largest absolute Gasteiger partial charge is 0.306 e.